The molecule has 3 N–H and O–H groups in total. The Bertz CT molecular complexity index is 854. The number of carboxylic acids is 1. The molecule has 36 heavy (non-hydrogen) atoms. The van der Waals surface area contributed by atoms with E-state index in [1.54, 1.807) is 0 Å². The first-order valence-corrected chi connectivity index (χ1v) is 12.4. The topological polar surface area (TPSA) is 160 Å². The molecule has 3 atom stereocenters. The number of carboxylic acid groups (broad SMARTS) is 1. The molecule has 1 amide bonds. The van der Waals surface area contributed by atoms with Gasteiger partial charge in [0.05, 0.1) is 19.3 Å². The van der Waals surface area contributed by atoms with Crippen molar-refractivity contribution in [3.05, 3.63) is 46.0 Å². The molecule has 0 spiro atoms. The van der Waals surface area contributed by atoms with Gasteiger partial charge in [-0.15, -0.1) is 10.1 Å². The highest BCUT2D eigenvalue weighted by molar-refractivity contribution is 5.87. The van der Waals surface area contributed by atoms with Gasteiger partial charge in [-0.05, 0) is 50.5 Å². The fourth-order valence-electron chi connectivity index (χ4n) is 4.02. The van der Waals surface area contributed by atoms with Gasteiger partial charge in [0.25, 0.3) is 11.0 Å². The van der Waals surface area contributed by atoms with Gasteiger partial charge in [0.15, 0.2) is 0 Å². The lowest BCUT2D eigenvalue weighted by molar-refractivity contribution is -0.757. The fourth-order valence-corrected chi connectivity index (χ4v) is 4.02. The summed E-state index contributed by atoms with van der Waals surface area (Å²) >= 11 is 0. The van der Waals surface area contributed by atoms with Crippen LogP contribution in [0.15, 0.2) is 30.3 Å². The summed E-state index contributed by atoms with van der Waals surface area (Å²) < 4.78 is 5.40. The number of unbranched alkanes of at least 4 members (excludes halogenated alkanes) is 1. The van der Waals surface area contributed by atoms with Crippen LogP contribution >= 0.6 is 0 Å². The van der Waals surface area contributed by atoms with Crippen molar-refractivity contribution in [3.8, 4) is 0 Å². The molecule has 0 saturated carbocycles. The zero-order valence-electron chi connectivity index (χ0n) is 20.6. The quantitative estimate of drug-likeness (QED) is 0.130. The van der Waals surface area contributed by atoms with Crippen molar-refractivity contribution in [1.29, 1.82) is 0 Å². The van der Waals surface area contributed by atoms with Crippen LogP contribution in [0.3, 0.4) is 0 Å². The van der Waals surface area contributed by atoms with Crippen LogP contribution in [-0.2, 0) is 30.4 Å². The third kappa shape index (κ3) is 9.78. The number of ether oxygens (including phenoxy) is 1. The Labute approximate surface area is 210 Å². The summed E-state index contributed by atoms with van der Waals surface area (Å²) in [5.41, 5.74) is 3.92. The Kier molecular flexibility index (Phi) is 12.6. The van der Waals surface area contributed by atoms with Crippen molar-refractivity contribution in [2.75, 3.05) is 19.8 Å². The van der Waals surface area contributed by atoms with E-state index in [-0.39, 0.29) is 13.2 Å². The number of benzene rings is 1. The highest BCUT2D eigenvalue weighted by atomic mass is 16.9. The molecule has 1 aromatic rings. The monoisotopic (exact) mass is 508 g/mol. The highest BCUT2D eigenvalue weighted by Gasteiger charge is 2.37. The summed E-state index contributed by atoms with van der Waals surface area (Å²) in [5, 5.41) is 23.2. The lowest BCUT2D eigenvalue weighted by Gasteiger charge is -2.36. The Morgan fingerprint density at radius 3 is 2.58 bits per heavy atom. The molecule has 12 nitrogen and oxygen atoms in total. The Morgan fingerprint density at radius 1 is 1.19 bits per heavy atom. The number of aryl methyl sites for hydroxylation is 1. The van der Waals surface area contributed by atoms with E-state index in [9.17, 15) is 29.6 Å². The van der Waals surface area contributed by atoms with E-state index in [4.69, 9.17) is 4.74 Å². The minimum atomic E-state index is -1.08. The maximum Gasteiger partial charge on any atom is 0.328 e. The van der Waals surface area contributed by atoms with E-state index >= 15 is 0 Å². The number of hydrogen-bond acceptors (Lipinski definition) is 9. The SMILES string of the molecule is CCCC(NC(CCc1ccccc1)C(=O)OCCCCO[N+](=O)[O-])C(=O)N1NCCCC1C(=O)O. The Hall–Kier alpha value is -3.25. The predicted octanol–water partition coefficient (Wildman–Crippen LogP) is 1.86. The molecular weight excluding hydrogens is 472 g/mol. The van der Waals surface area contributed by atoms with Crippen molar-refractivity contribution in [1.82, 2.24) is 15.8 Å². The second kappa shape index (κ2) is 15.7. The van der Waals surface area contributed by atoms with Crippen LogP contribution < -0.4 is 10.7 Å². The molecule has 0 bridgehead atoms. The predicted molar refractivity (Wildman–Crippen MR) is 129 cm³/mol. The van der Waals surface area contributed by atoms with E-state index < -0.39 is 41.1 Å². The van der Waals surface area contributed by atoms with Crippen LogP contribution in [0.1, 0.15) is 57.4 Å². The van der Waals surface area contributed by atoms with Gasteiger partial charge in [0, 0.05) is 6.54 Å². The number of carbonyl (C=O) groups is 3. The van der Waals surface area contributed by atoms with Gasteiger partial charge in [-0.1, -0.05) is 43.7 Å². The largest absolute Gasteiger partial charge is 0.480 e. The average Bonchev–Trinajstić information content (AvgIpc) is 2.87. The first-order valence-electron chi connectivity index (χ1n) is 12.4. The van der Waals surface area contributed by atoms with Gasteiger partial charge in [0.1, 0.15) is 12.1 Å². The summed E-state index contributed by atoms with van der Waals surface area (Å²) in [6.45, 7) is 2.38. The number of hydrazine groups is 1. The number of amides is 1. The van der Waals surface area contributed by atoms with Crippen molar-refractivity contribution in [2.24, 2.45) is 0 Å². The van der Waals surface area contributed by atoms with E-state index in [1.807, 2.05) is 37.3 Å². The fraction of sp³-hybridized carbons (Fsp3) is 0.625. The van der Waals surface area contributed by atoms with E-state index in [1.165, 1.54) is 5.01 Å². The van der Waals surface area contributed by atoms with Gasteiger partial charge >= 0.3 is 11.9 Å². The van der Waals surface area contributed by atoms with Crippen LogP contribution in [0.5, 0.6) is 0 Å². The number of rotatable bonds is 16. The molecule has 1 aliphatic heterocycles. The van der Waals surface area contributed by atoms with Crippen LogP contribution in [0, 0.1) is 10.1 Å². The van der Waals surface area contributed by atoms with Crippen molar-refractivity contribution in [3.63, 3.8) is 0 Å². The number of esters is 1. The lowest BCUT2D eigenvalue weighted by Crippen LogP contribution is -2.62. The summed E-state index contributed by atoms with van der Waals surface area (Å²) in [7, 11) is 0. The van der Waals surface area contributed by atoms with Crippen LogP contribution in [-0.4, -0.2) is 70.9 Å². The number of nitrogens with zero attached hydrogens (tertiary/aromatic N) is 2. The molecule has 1 aliphatic rings. The molecular formula is C24H36N4O8. The molecule has 2 rings (SSSR count). The van der Waals surface area contributed by atoms with E-state index in [2.05, 4.69) is 15.6 Å². The van der Waals surface area contributed by atoms with Crippen molar-refractivity contribution >= 4 is 17.8 Å². The van der Waals surface area contributed by atoms with Crippen LogP contribution in [0.25, 0.3) is 0 Å². The highest BCUT2D eigenvalue weighted by Crippen LogP contribution is 2.15. The number of hydrogen-bond donors (Lipinski definition) is 3. The molecule has 1 aromatic carbocycles. The molecule has 1 fully saturated rings. The van der Waals surface area contributed by atoms with Gasteiger partial charge in [-0.25, -0.2) is 10.2 Å². The smallest absolute Gasteiger partial charge is 0.328 e. The molecule has 1 saturated heterocycles. The molecule has 200 valence electrons. The maximum atomic E-state index is 13.3. The van der Waals surface area contributed by atoms with Gasteiger partial charge in [0.2, 0.25) is 0 Å². The minimum Gasteiger partial charge on any atom is -0.480 e. The first kappa shape index (κ1) is 29.0. The van der Waals surface area contributed by atoms with Crippen molar-refractivity contribution in [2.45, 2.75) is 76.4 Å². The molecule has 1 heterocycles. The second-order valence-electron chi connectivity index (χ2n) is 8.63. The summed E-state index contributed by atoms with van der Waals surface area (Å²) in [4.78, 5) is 52.5. The molecule has 3 unspecified atom stereocenters. The third-order valence-corrected chi connectivity index (χ3v) is 5.88. The Morgan fingerprint density at radius 2 is 1.92 bits per heavy atom. The summed E-state index contributed by atoms with van der Waals surface area (Å²) in [5.74, 6) is -2.03. The lowest BCUT2D eigenvalue weighted by atomic mass is 10.0. The summed E-state index contributed by atoms with van der Waals surface area (Å²) in [6.07, 6.45) is 3.74. The first-order chi connectivity index (χ1) is 17.3. The Balaban J connectivity index is 2.07. The van der Waals surface area contributed by atoms with Crippen LogP contribution in [0.2, 0.25) is 0 Å². The summed E-state index contributed by atoms with van der Waals surface area (Å²) in [6, 6.07) is 7.06. The average molecular weight is 509 g/mol. The molecule has 0 radical (unpaired) electrons. The molecule has 12 heteroatoms. The van der Waals surface area contributed by atoms with Crippen molar-refractivity contribution < 1.29 is 34.2 Å². The number of carbonyl (C=O) groups excluding carboxylic acids is 2. The normalized spacial score (nSPS) is 17.1. The molecule has 0 aliphatic carbocycles. The van der Waals surface area contributed by atoms with Gasteiger partial charge in [-0.2, -0.15) is 0 Å². The minimum absolute atomic E-state index is 0.0601. The number of nitrogens with one attached hydrogen (secondary N) is 2. The maximum absolute atomic E-state index is 13.3. The van der Waals surface area contributed by atoms with E-state index in [0.717, 1.165) is 5.56 Å². The molecule has 0 aromatic heterocycles. The van der Waals surface area contributed by atoms with E-state index in [0.29, 0.717) is 57.9 Å². The van der Waals surface area contributed by atoms with Gasteiger partial charge in [-0.3, -0.25) is 19.9 Å². The zero-order chi connectivity index (χ0) is 26.3. The second-order valence-corrected chi connectivity index (χ2v) is 8.63. The zero-order valence-corrected chi connectivity index (χ0v) is 20.6. The number of aliphatic carboxylic acids is 1. The van der Waals surface area contributed by atoms with Gasteiger partial charge < -0.3 is 14.7 Å². The van der Waals surface area contributed by atoms with Crippen LogP contribution in [0.4, 0.5) is 0 Å². The standard InChI is InChI=1S/C24H36N4O8/c1-2-9-19(22(29)27-21(23(30)31)12-8-15-25-27)26-20(14-13-18-10-4-3-5-11-18)24(32)35-16-6-7-17-36-28(33)34/h3-5,10-11,19-21,25-26H,2,6-9,12-17H2,1H3,(H,30,31). The third-order valence-electron chi connectivity index (χ3n) is 5.88.